The van der Waals surface area contributed by atoms with E-state index in [1.807, 2.05) is 0 Å². The van der Waals surface area contributed by atoms with Crippen LogP contribution in [-0.4, -0.2) is 0 Å². The van der Waals surface area contributed by atoms with Gasteiger partial charge in [-0.25, -0.2) is 0 Å². The van der Waals surface area contributed by atoms with Crippen LogP contribution in [0.1, 0.15) is 38.2 Å². The van der Waals surface area contributed by atoms with Crippen LogP contribution in [0.2, 0.25) is 0 Å². The molecule has 0 atom stereocenters. The molecule has 0 saturated carbocycles. The van der Waals surface area contributed by atoms with Crippen molar-refractivity contribution in [2.75, 3.05) is 0 Å². The van der Waals surface area contributed by atoms with Gasteiger partial charge in [0.1, 0.15) is 0 Å². The van der Waals surface area contributed by atoms with Gasteiger partial charge >= 0.3 is 0 Å². The Morgan fingerprint density at radius 2 is 1.10 bits per heavy atom. The molecule has 5 rings (SSSR count). The summed E-state index contributed by atoms with van der Waals surface area (Å²) in [4.78, 5) is 0. The van der Waals surface area contributed by atoms with Crippen molar-refractivity contribution in [3.05, 3.63) is 95.2 Å². The standard InChI is InChI=1S/C18H12.C10H16S/c1-2-6-14-10-18-12-16-8-4-3-7-15(16)11-17(18)9-13(14)5-1;1-2-3-4-5-6-10-7-8-11-9-10/h1-12H;7-9H,2-6H2,1H3. The smallest absolute Gasteiger partial charge is 0.00613 e. The molecular weight excluding hydrogens is 368 g/mol. The third-order valence-corrected chi connectivity index (χ3v) is 6.20. The van der Waals surface area contributed by atoms with E-state index in [0.717, 1.165) is 0 Å². The normalized spacial score (nSPS) is 10.9. The molecule has 0 nitrogen and oxygen atoms in total. The third-order valence-electron chi connectivity index (χ3n) is 5.47. The monoisotopic (exact) mass is 396 g/mol. The number of fused-ring (bicyclic) bond motifs is 3. The van der Waals surface area contributed by atoms with Gasteiger partial charge in [0.05, 0.1) is 0 Å². The highest BCUT2D eigenvalue weighted by Crippen LogP contribution is 2.27. The minimum Gasteiger partial charge on any atom is -0.152 e. The van der Waals surface area contributed by atoms with Crippen molar-refractivity contribution < 1.29 is 0 Å². The van der Waals surface area contributed by atoms with E-state index in [1.54, 1.807) is 11.3 Å². The number of hydrogen-bond donors (Lipinski definition) is 0. The molecule has 5 aromatic rings. The predicted octanol–water partition coefficient (Wildman–Crippen LogP) is 9.02. The molecule has 4 aromatic carbocycles. The molecular formula is C28H28S. The first kappa shape index (κ1) is 19.7. The van der Waals surface area contributed by atoms with Gasteiger partial charge in [0.2, 0.25) is 0 Å². The van der Waals surface area contributed by atoms with Gasteiger partial charge in [-0.2, -0.15) is 11.3 Å². The maximum atomic E-state index is 2.27. The zero-order valence-electron chi connectivity index (χ0n) is 17.1. The largest absolute Gasteiger partial charge is 0.152 e. The lowest BCUT2D eigenvalue weighted by atomic mass is 10.00. The van der Waals surface area contributed by atoms with E-state index < -0.39 is 0 Å². The molecule has 1 heteroatoms. The van der Waals surface area contributed by atoms with Gasteiger partial charge in [-0.15, -0.1) is 0 Å². The molecule has 0 amide bonds. The fourth-order valence-electron chi connectivity index (χ4n) is 3.83. The summed E-state index contributed by atoms with van der Waals surface area (Å²) in [6, 6.07) is 28.4. The van der Waals surface area contributed by atoms with Crippen LogP contribution in [0.3, 0.4) is 0 Å². The van der Waals surface area contributed by atoms with E-state index in [9.17, 15) is 0 Å². The highest BCUT2D eigenvalue weighted by atomic mass is 32.1. The Labute approximate surface area is 177 Å². The second-order valence-electron chi connectivity index (χ2n) is 7.69. The summed E-state index contributed by atoms with van der Waals surface area (Å²) < 4.78 is 0. The van der Waals surface area contributed by atoms with Crippen molar-refractivity contribution in [2.45, 2.75) is 39.0 Å². The first-order chi connectivity index (χ1) is 14.3. The Morgan fingerprint density at radius 3 is 1.52 bits per heavy atom. The number of aryl methyl sites for hydroxylation is 1. The summed E-state index contributed by atoms with van der Waals surface area (Å²) >= 11 is 1.80. The van der Waals surface area contributed by atoms with E-state index in [0.29, 0.717) is 0 Å². The lowest BCUT2D eigenvalue weighted by molar-refractivity contribution is 0.667. The van der Waals surface area contributed by atoms with Crippen molar-refractivity contribution in [1.82, 2.24) is 0 Å². The summed E-state index contributed by atoms with van der Waals surface area (Å²) in [7, 11) is 0. The average Bonchev–Trinajstić information content (AvgIpc) is 3.28. The Bertz CT molecular complexity index is 1040. The Balaban J connectivity index is 0.000000161. The van der Waals surface area contributed by atoms with Gasteiger partial charge in [-0.05, 0) is 91.8 Å². The second kappa shape index (κ2) is 9.71. The molecule has 1 aromatic heterocycles. The molecule has 29 heavy (non-hydrogen) atoms. The minimum absolute atomic E-state index is 1.28. The summed E-state index contributed by atoms with van der Waals surface area (Å²) in [5.74, 6) is 0. The number of thiophene rings is 1. The van der Waals surface area contributed by atoms with Gasteiger partial charge in [0.25, 0.3) is 0 Å². The van der Waals surface area contributed by atoms with Crippen molar-refractivity contribution in [3.8, 4) is 0 Å². The van der Waals surface area contributed by atoms with Crippen molar-refractivity contribution >= 4 is 43.7 Å². The Kier molecular flexibility index (Phi) is 6.59. The van der Waals surface area contributed by atoms with Crippen LogP contribution in [0.5, 0.6) is 0 Å². The lowest BCUT2D eigenvalue weighted by Gasteiger charge is -2.04. The molecule has 0 aliphatic carbocycles. The molecule has 0 bridgehead atoms. The van der Waals surface area contributed by atoms with Crippen LogP contribution in [-0.2, 0) is 6.42 Å². The molecule has 146 valence electrons. The summed E-state index contributed by atoms with van der Waals surface area (Å²) in [5.41, 5.74) is 1.52. The molecule has 0 spiro atoms. The topological polar surface area (TPSA) is 0 Å². The number of hydrogen-bond acceptors (Lipinski definition) is 1. The quantitative estimate of drug-likeness (QED) is 0.205. The van der Waals surface area contributed by atoms with Crippen LogP contribution < -0.4 is 0 Å². The highest BCUT2D eigenvalue weighted by Gasteiger charge is 2.00. The fraction of sp³-hybridized carbons (Fsp3) is 0.214. The molecule has 0 unspecified atom stereocenters. The molecule has 0 aliphatic heterocycles. The van der Waals surface area contributed by atoms with Gasteiger partial charge in [0, 0.05) is 0 Å². The maximum Gasteiger partial charge on any atom is -0.00613 e. The van der Waals surface area contributed by atoms with Gasteiger partial charge in [0.15, 0.2) is 0 Å². The minimum atomic E-state index is 1.28. The Hall–Kier alpha value is -2.64. The molecule has 0 N–H and O–H groups in total. The van der Waals surface area contributed by atoms with E-state index in [1.165, 1.54) is 70.0 Å². The van der Waals surface area contributed by atoms with E-state index in [-0.39, 0.29) is 0 Å². The molecule has 0 saturated heterocycles. The van der Waals surface area contributed by atoms with Crippen molar-refractivity contribution in [2.24, 2.45) is 0 Å². The average molecular weight is 397 g/mol. The van der Waals surface area contributed by atoms with Crippen LogP contribution in [0.15, 0.2) is 89.6 Å². The summed E-state index contributed by atoms with van der Waals surface area (Å²) in [5, 5.41) is 12.3. The van der Waals surface area contributed by atoms with Crippen LogP contribution >= 0.6 is 11.3 Å². The second-order valence-corrected chi connectivity index (χ2v) is 8.47. The number of rotatable bonds is 5. The van der Waals surface area contributed by atoms with Crippen LogP contribution in [0, 0.1) is 0 Å². The summed E-state index contributed by atoms with van der Waals surface area (Å²) in [6.07, 6.45) is 6.77. The predicted molar refractivity (Wildman–Crippen MR) is 131 cm³/mol. The summed E-state index contributed by atoms with van der Waals surface area (Å²) in [6.45, 7) is 2.25. The number of benzene rings is 4. The van der Waals surface area contributed by atoms with Gasteiger partial charge in [-0.1, -0.05) is 74.7 Å². The third kappa shape index (κ3) is 5.05. The fourth-order valence-corrected chi connectivity index (χ4v) is 4.53. The van der Waals surface area contributed by atoms with Crippen molar-refractivity contribution in [1.29, 1.82) is 0 Å². The van der Waals surface area contributed by atoms with Gasteiger partial charge < -0.3 is 0 Å². The van der Waals surface area contributed by atoms with Gasteiger partial charge in [-0.3, -0.25) is 0 Å². The van der Waals surface area contributed by atoms with E-state index >= 15 is 0 Å². The molecule has 0 fully saturated rings. The number of unbranched alkanes of at least 4 members (excludes halogenated alkanes) is 3. The maximum absolute atomic E-state index is 2.27. The Morgan fingerprint density at radius 1 is 0.586 bits per heavy atom. The van der Waals surface area contributed by atoms with Crippen LogP contribution in [0.4, 0.5) is 0 Å². The zero-order valence-corrected chi connectivity index (χ0v) is 17.9. The molecule has 1 heterocycles. The lowest BCUT2D eigenvalue weighted by Crippen LogP contribution is -1.81. The van der Waals surface area contributed by atoms with E-state index in [2.05, 4.69) is 96.5 Å². The zero-order chi connectivity index (χ0) is 19.9. The van der Waals surface area contributed by atoms with Crippen LogP contribution in [0.25, 0.3) is 32.3 Å². The van der Waals surface area contributed by atoms with Crippen molar-refractivity contribution in [3.63, 3.8) is 0 Å². The van der Waals surface area contributed by atoms with E-state index in [4.69, 9.17) is 0 Å². The molecule has 0 aliphatic rings. The SMILES string of the molecule is CCCCCCc1ccsc1.c1ccc2cc3cc4ccccc4cc3cc2c1. The highest BCUT2D eigenvalue weighted by molar-refractivity contribution is 7.07. The molecule has 0 radical (unpaired) electrons. The first-order valence-electron chi connectivity index (χ1n) is 10.7. The first-order valence-corrected chi connectivity index (χ1v) is 11.6.